The van der Waals surface area contributed by atoms with E-state index in [-0.39, 0.29) is 5.91 Å². The number of amides is 1. The number of fused-ring (bicyclic) bond motifs is 2. The smallest absolute Gasteiger partial charge is 0.257 e. The van der Waals surface area contributed by atoms with Crippen molar-refractivity contribution in [3.05, 3.63) is 68.9 Å². The SMILES string of the molecule is Cc1ccc(-c2cc(C(=O)Nc3sc4c(c3C#N)CCC(C)C4)c3ccccc3n2)s1. The number of thiophene rings is 2. The van der Waals surface area contributed by atoms with Gasteiger partial charge in [0.1, 0.15) is 11.1 Å². The Bertz CT molecular complexity index is 1360. The lowest BCUT2D eigenvalue weighted by molar-refractivity contribution is 0.102. The maximum absolute atomic E-state index is 13.4. The second-order valence-electron chi connectivity index (χ2n) is 8.10. The number of carbonyl (C=O) groups excluding carboxylic acids is 1. The van der Waals surface area contributed by atoms with Gasteiger partial charge in [-0.2, -0.15) is 5.26 Å². The van der Waals surface area contributed by atoms with E-state index in [1.165, 1.54) is 9.75 Å². The van der Waals surface area contributed by atoms with Gasteiger partial charge < -0.3 is 5.32 Å². The Labute approximate surface area is 189 Å². The molecule has 6 heteroatoms. The first kappa shape index (κ1) is 19.9. The molecule has 1 N–H and O–H groups in total. The van der Waals surface area contributed by atoms with Crippen LogP contribution < -0.4 is 5.32 Å². The monoisotopic (exact) mass is 443 g/mol. The van der Waals surface area contributed by atoms with Crippen molar-refractivity contribution in [2.75, 3.05) is 5.32 Å². The van der Waals surface area contributed by atoms with E-state index >= 15 is 0 Å². The number of pyridine rings is 1. The van der Waals surface area contributed by atoms with Crippen molar-refractivity contribution < 1.29 is 4.79 Å². The summed E-state index contributed by atoms with van der Waals surface area (Å²) < 4.78 is 0. The summed E-state index contributed by atoms with van der Waals surface area (Å²) in [5.41, 5.74) is 3.91. The first-order valence-electron chi connectivity index (χ1n) is 10.4. The van der Waals surface area contributed by atoms with Gasteiger partial charge in [-0.15, -0.1) is 22.7 Å². The Balaban J connectivity index is 1.57. The van der Waals surface area contributed by atoms with E-state index in [1.54, 1.807) is 22.7 Å². The van der Waals surface area contributed by atoms with E-state index in [1.807, 2.05) is 36.4 Å². The summed E-state index contributed by atoms with van der Waals surface area (Å²) in [6, 6.07) is 16.0. The van der Waals surface area contributed by atoms with Crippen molar-refractivity contribution in [1.29, 1.82) is 5.26 Å². The lowest BCUT2D eigenvalue weighted by Gasteiger charge is -2.17. The molecule has 1 atom stereocenters. The van der Waals surface area contributed by atoms with E-state index < -0.39 is 0 Å². The van der Waals surface area contributed by atoms with Crippen LogP contribution in [0.1, 0.15) is 44.6 Å². The van der Waals surface area contributed by atoms with Crippen molar-refractivity contribution in [3.8, 4) is 16.6 Å². The molecule has 0 bridgehead atoms. The average Bonchev–Trinajstić information content (AvgIpc) is 3.35. The molecule has 5 rings (SSSR count). The third-order valence-electron chi connectivity index (χ3n) is 5.80. The van der Waals surface area contributed by atoms with Gasteiger partial charge in [-0.1, -0.05) is 25.1 Å². The van der Waals surface area contributed by atoms with Gasteiger partial charge in [0.25, 0.3) is 5.91 Å². The maximum Gasteiger partial charge on any atom is 0.257 e. The van der Waals surface area contributed by atoms with Crippen LogP contribution in [0.3, 0.4) is 0 Å². The number of nitriles is 1. The van der Waals surface area contributed by atoms with Gasteiger partial charge in [0.2, 0.25) is 0 Å². The van der Waals surface area contributed by atoms with E-state index in [0.29, 0.717) is 22.0 Å². The van der Waals surface area contributed by atoms with E-state index in [2.05, 4.69) is 31.3 Å². The Kier molecular flexibility index (Phi) is 5.09. The summed E-state index contributed by atoms with van der Waals surface area (Å²) in [5, 5.41) is 14.3. The van der Waals surface area contributed by atoms with Crippen LogP contribution in [-0.2, 0) is 12.8 Å². The highest BCUT2D eigenvalue weighted by atomic mass is 32.1. The van der Waals surface area contributed by atoms with Crippen molar-refractivity contribution >= 4 is 44.5 Å². The molecule has 31 heavy (non-hydrogen) atoms. The van der Waals surface area contributed by atoms with Gasteiger partial charge in [-0.3, -0.25) is 4.79 Å². The average molecular weight is 444 g/mol. The first-order valence-corrected chi connectivity index (χ1v) is 12.0. The number of nitrogens with one attached hydrogen (secondary N) is 1. The summed E-state index contributed by atoms with van der Waals surface area (Å²) in [6.45, 7) is 4.30. The minimum absolute atomic E-state index is 0.198. The molecule has 3 heterocycles. The van der Waals surface area contributed by atoms with Crippen LogP contribution in [0.15, 0.2) is 42.5 Å². The van der Waals surface area contributed by atoms with Crippen molar-refractivity contribution in [2.45, 2.75) is 33.1 Å². The van der Waals surface area contributed by atoms with Gasteiger partial charge >= 0.3 is 0 Å². The summed E-state index contributed by atoms with van der Waals surface area (Å²) in [7, 11) is 0. The maximum atomic E-state index is 13.4. The molecule has 0 saturated heterocycles. The van der Waals surface area contributed by atoms with Crippen LogP contribution in [0.2, 0.25) is 0 Å². The predicted molar refractivity (Wildman–Crippen MR) is 128 cm³/mol. The van der Waals surface area contributed by atoms with Crippen LogP contribution in [0.4, 0.5) is 5.00 Å². The molecule has 0 spiro atoms. The second kappa shape index (κ2) is 7.92. The minimum atomic E-state index is -0.198. The predicted octanol–water partition coefficient (Wildman–Crippen LogP) is 6.58. The fourth-order valence-corrected chi connectivity index (χ4v) is 6.37. The molecule has 0 saturated carbocycles. The molecule has 1 unspecified atom stereocenters. The largest absolute Gasteiger partial charge is 0.312 e. The normalized spacial score (nSPS) is 15.5. The number of aromatic nitrogens is 1. The fraction of sp³-hybridized carbons (Fsp3) is 0.240. The molecular weight excluding hydrogens is 422 g/mol. The van der Waals surface area contributed by atoms with Crippen LogP contribution in [0.5, 0.6) is 0 Å². The number of hydrogen-bond acceptors (Lipinski definition) is 5. The van der Waals surface area contributed by atoms with Gasteiger partial charge in [-0.25, -0.2) is 4.98 Å². The zero-order valence-electron chi connectivity index (χ0n) is 17.4. The van der Waals surface area contributed by atoms with Crippen LogP contribution >= 0.6 is 22.7 Å². The zero-order valence-corrected chi connectivity index (χ0v) is 19.0. The molecule has 0 radical (unpaired) electrons. The fourth-order valence-electron chi connectivity index (χ4n) is 4.19. The van der Waals surface area contributed by atoms with Crippen LogP contribution in [0.25, 0.3) is 21.5 Å². The number of anilines is 1. The molecule has 1 amide bonds. The lowest BCUT2D eigenvalue weighted by atomic mass is 9.88. The number of aryl methyl sites for hydroxylation is 1. The number of hydrogen-bond donors (Lipinski definition) is 1. The topological polar surface area (TPSA) is 65.8 Å². The molecule has 154 valence electrons. The van der Waals surface area contributed by atoms with E-state index in [4.69, 9.17) is 4.98 Å². The summed E-state index contributed by atoms with van der Waals surface area (Å²) in [4.78, 5) is 21.7. The van der Waals surface area contributed by atoms with Crippen molar-refractivity contribution in [1.82, 2.24) is 4.98 Å². The highest BCUT2D eigenvalue weighted by Gasteiger charge is 2.25. The molecule has 1 aromatic carbocycles. The van der Waals surface area contributed by atoms with Crippen LogP contribution in [-0.4, -0.2) is 10.9 Å². The third kappa shape index (κ3) is 3.65. The Morgan fingerprint density at radius 3 is 2.84 bits per heavy atom. The molecule has 3 aromatic heterocycles. The first-order chi connectivity index (χ1) is 15.0. The summed E-state index contributed by atoms with van der Waals surface area (Å²) in [5.74, 6) is 0.415. The number of rotatable bonds is 3. The summed E-state index contributed by atoms with van der Waals surface area (Å²) in [6.07, 6.45) is 2.97. The molecule has 0 aliphatic heterocycles. The third-order valence-corrected chi connectivity index (χ3v) is 8.00. The second-order valence-corrected chi connectivity index (χ2v) is 10.5. The molecule has 4 nitrogen and oxygen atoms in total. The van der Waals surface area contributed by atoms with Crippen molar-refractivity contribution in [3.63, 3.8) is 0 Å². The van der Waals surface area contributed by atoms with Gasteiger partial charge in [-0.05, 0) is 61.9 Å². The van der Waals surface area contributed by atoms with Crippen molar-refractivity contribution in [2.24, 2.45) is 5.92 Å². The molecule has 0 fully saturated rings. The standard InChI is InChI=1S/C25H21N3OS2/c1-14-7-9-17-19(13-26)25(31-23(17)11-14)28-24(29)18-12-21(22-10-8-15(2)30-22)27-20-6-4-3-5-16(18)20/h3-6,8,10,12,14H,7,9,11H2,1-2H3,(H,28,29). The van der Waals surface area contributed by atoms with E-state index in [9.17, 15) is 10.1 Å². The lowest BCUT2D eigenvalue weighted by Crippen LogP contribution is -2.13. The molecule has 1 aliphatic carbocycles. The van der Waals surface area contributed by atoms with Crippen LogP contribution in [0, 0.1) is 24.2 Å². The Morgan fingerprint density at radius 1 is 1.23 bits per heavy atom. The summed E-state index contributed by atoms with van der Waals surface area (Å²) >= 11 is 3.22. The Hall–Kier alpha value is -3.01. The number of nitrogens with zero attached hydrogens (tertiary/aromatic N) is 2. The zero-order chi connectivity index (χ0) is 21.5. The van der Waals surface area contributed by atoms with Gasteiger partial charge in [0.05, 0.1) is 27.2 Å². The quantitative estimate of drug-likeness (QED) is 0.389. The number of benzene rings is 1. The molecule has 1 aliphatic rings. The number of para-hydroxylation sites is 1. The number of carbonyl (C=O) groups is 1. The Morgan fingerprint density at radius 2 is 2.06 bits per heavy atom. The molecule has 4 aromatic rings. The van der Waals surface area contributed by atoms with E-state index in [0.717, 1.165) is 46.3 Å². The minimum Gasteiger partial charge on any atom is -0.312 e. The van der Waals surface area contributed by atoms with Gasteiger partial charge in [0.15, 0.2) is 0 Å². The highest BCUT2D eigenvalue weighted by Crippen LogP contribution is 2.39. The molecular formula is C25H21N3OS2. The van der Waals surface area contributed by atoms with Gasteiger partial charge in [0, 0.05) is 15.1 Å². The highest BCUT2D eigenvalue weighted by molar-refractivity contribution is 7.16.